The number of aliphatic hydroxyl groups excluding tert-OH is 4. The Labute approximate surface area is 419 Å². The highest BCUT2D eigenvalue weighted by molar-refractivity contribution is 7.09. The third kappa shape index (κ3) is 16.0. The molecule has 0 radical (unpaired) electrons. The normalized spacial score (nSPS) is 34.8. The summed E-state index contributed by atoms with van der Waals surface area (Å²) < 4.78 is 17.7. The van der Waals surface area contributed by atoms with Crippen LogP contribution in [0.15, 0.2) is 33.6 Å². The first kappa shape index (κ1) is 58.1. The summed E-state index contributed by atoms with van der Waals surface area (Å²) >= 11 is 3.12. The van der Waals surface area contributed by atoms with E-state index in [9.17, 15) is 39.6 Å². The van der Waals surface area contributed by atoms with Gasteiger partial charge in [-0.05, 0) is 109 Å². The van der Waals surface area contributed by atoms with Crippen molar-refractivity contribution in [1.82, 2.24) is 9.97 Å². The van der Waals surface area contributed by atoms with E-state index in [2.05, 4.69) is 29.9 Å². The zero-order valence-electron chi connectivity index (χ0n) is 43.7. The Bertz CT molecular complexity index is 2170. The lowest BCUT2D eigenvalue weighted by atomic mass is 9.73. The van der Waals surface area contributed by atoms with Gasteiger partial charge in [-0.3, -0.25) is 19.2 Å². The second-order valence-electron chi connectivity index (χ2n) is 21.7. The number of aromatic nitrogens is 2. The third-order valence-corrected chi connectivity index (χ3v) is 16.6. The molecule has 4 N–H and O–H groups in total. The third-order valence-electron chi connectivity index (χ3n) is 15.0. The Morgan fingerprint density at radius 1 is 0.681 bits per heavy atom. The summed E-state index contributed by atoms with van der Waals surface area (Å²) in [5.74, 6) is -3.03. The van der Waals surface area contributed by atoms with Gasteiger partial charge in [-0.2, -0.15) is 0 Å². The molecule has 2 fully saturated rings. The van der Waals surface area contributed by atoms with Gasteiger partial charge in [0.1, 0.15) is 23.8 Å². The van der Waals surface area contributed by atoms with Crippen molar-refractivity contribution < 1.29 is 53.8 Å². The monoisotopic (exact) mass is 999 g/mol. The Morgan fingerprint density at radius 2 is 1.12 bits per heavy atom. The molecule has 386 valence electrons. The van der Waals surface area contributed by atoms with Crippen molar-refractivity contribution in [2.75, 3.05) is 0 Å². The first-order chi connectivity index (χ1) is 32.1. The second-order valence-corrected chi connectivity index (χ2v) is 23.8. The van der Waals surface area contributed by atoms with Gasteiger partial charge < -0.3 is 34.6 Å². The average molecular weight is 999 g/mol. The van der Waals surface area contributed by atoms with Crippen molar-refractivity contribution in [2.24, 2.45) is 34.5 Å². The molecule has 2 aromatic rings. The van der Waals surface area contributed by atoms with Gasteiger partial charge in [0.05, 0.1) is 81.2 Å². The molecule has 12 atom stereocenters. The number of allylic oxidation sites excluding steroid dienone is 1. The number of ketones is 2. The number of hydrogen-bond acceptors (Lipinski definition) is 15. The van der Waals surface area contributed by atoms with Gasteiger partial charge in [-0.15, -0.1) is 22.7 Å². The first-order valence-electron chi connectivity index (χ1n) is 24.8. The maximum Gasteiger partial charge on any atom is 0.309 e. The van der Waals surface area contributed by atoms with Crippen molar-refractivity contribution in [2.45, 2.75) is 209 Å². The van der Waals surface area contributed by atoms with Crippen LogP contribution in [0.5, 0.6) is 0 Å². The topological polar surface area (TPSA) is 206 Å². The molecule has 0 aliphatic carbocycles. The number of Topliss-reactive ketones (excluding diaryl/α,β-unsaturated/α-hetero) is 2. The standard InChI is InChI=1S/C27H41NO6S.C27H41NO5S/c1-15-9-8-10-27(7)22(34-27)12-20(16(2)11-19-14-35-18(4)28-19)33-23(30)13-21(29)26(5,6)25(32)17(3)24(15)31;1-16-9-8-10-17(2)25(31)19(4)26(32)27(6,7)23(29)14-24(30)33-22(12-11-16)18(3)13-21-15-34-20(5)28-21/h11,14-15,17,20-22,24,29,31H,8-10,12-13H2,1-7H3;11,13,15,17,19,22-23,25,29,31H,8-10,12,14H2,1-7H3/b16-11+;16-11-,18-13+/t15-,17+,20?,21-,22-,24-,27+;17-,19+,22?,23-,25-/m00/s1. The van der Waals surface area contributed by atoms with Crippen molar-refractivity contribution in [1.29, 1.82) is 0 Å². The molecule has 0 saturated carbocycles. The molecule has 5 heterocycles. The quantitative estimate of drug-likeness (QED) is 0.128. The maximum atomic E-state index is 13.2. The van der Waals surface area contributed by atoms with Crippen molar-refractivity contribution >= 4 is 58.3 Å². The van der Waals surface area contributed by atoms with E-state index in [-0.39, 0.29) is 47.9 Å². The van der Waals surface area contributed by atoms with E-state index in [0.717, 1.165) is 71.1 Å². The molecule has 69 heavy (non-hydrogen) atoms. The summed E-state index contributed by atoms with van der Waals surface area (Å²) in [5.41, 5.74) is 1.89. The number of nitrogens with zero attached hydrogens (tertiary/aromatic N) is 2. The fourth-order valence-electron chi connectivity index (χ4n) is 9.47. The van der Waals surface area contributed by atoms with Gasteiger partial charge in [0, 0.05) is 35.4 Å². The minimum Gasteiger partial charge on any atom is -0.458 e. The Balaban J connectivity index is 0.000000301. The zero-order valence-corrected chi connectivity index (χ0v) is 45.3. The molecule has 3 aliphatic heterocycles. The maximum absolute atomic E-state index is 13.2. The van der Waals surface area contributed by atoms with Crippen LogP contribution in [0.3, 0.4) is 0 Å². The molecule has 2 unspecified atom stereocenters. The average Bonchev–Trinajstić information content (AvgIpc) is 3.49. The number of carbonyl (C=O) groups is 4. The van der Waals surface area contributed by atoms with Crippen LogP contribution >= 0.6 is 22.7 Å². The zero-order chi connectivity index (χ0) is 51.8. The molecule has 0 aromatic carbocycles. The van der Waals surface area contributed by atoms with Crippen LogP contribution in [-0.4, -0.2) is 102 Å². The van der Waals surface area contributed by atoms with Crippen molar-refractivity contribution in [3.05, 3.63) is 55.0 Å². The molecule has 15 heteroatoms. The lowest BCUT2D eigenvalue weighted by Gasteiger charge is -2.34. The molecule has 0 bridgehead atoms. The fraction of sp³-hybridized carbons (Fsp3) is 0.704. The van der Waals surface area contributed by atoms with Crippen LogP contribution < -0.4 is 0 Å². The Morgan fingerprint density at radius 3 is 1.57 bits per heavy atom. The molecule has 2 aromatic heterocycles. The molecule has 2 saturated heterocycles. The molecule has 13 nitrogen and oxygen atoms in total. The molecule has 0 spiro atoms. The number of hydrogen-bond donors (Lipinski definition) is 4. The number of epoxide rings is 1. The van der Waals surface area contributed by atoms with Crippen LogP contribution in [0, 0.1) is 48.3 Å². The smallest absolute Gasteiger partial charge is 0.309 e. The molecular formula is C54H82N2O11S2. The number of cyclic esters (lactones) is 2. The summed E-state index contributed by atoms with van der Waals surface area (Å²) in [5, 5.41) is 49.1. The van der Waals surface area contributed by atoms with Gasteiger partial charge in [0.25, 0.3) is 0 Å². The fourth-order valence-corrected chi connectivity index (χ4v) is 10.6. The van der Waals surface area contributed by atoms with Crippen molar-refractivity contribution in [3.8, 4) is 0 Å². The number of carbonyl (C=O) groups excluding carboxylic acids is 4. The molecular weight excluding hydrogens is 917 g/mol. The molecule has 0 amide bonds. The molecule has 5 rings (SSSR count). The number of ether oxygens (including phenoxy) is 3. The summed E-state index contributed by atoms with van der Waals surface area (Å²) in [6, 6.07) is 0. The number of fused-ring (bicyclic) bond motifs is 1. The van der Waals surface area contributed by atoms with Gasteiger partial charge in [-0.1, -0.05) is 73.5 Å². The highest BCUT2D eigenvalue weighted by Crippen LogP contribution is 2.45. The van der Waals surface area contributed by atoms with E-state index in [4.69, 9.17) is 14.2 Å². The lowest BCUT2D eigenvalue weighted by Crippen LogP contribution is -2.45. The first-order valence-corrected chi connectivity index (χ1v) is 26.6. The number of esters is 2. The Hall–Kier alpha value is -3.44. The minimum atomic E-state index is -1.23. The van der Waals surface area contributed by atoms with Crippen LogP contribution in [0.1, 0.15) is 169 Å². The minimum absolute atomic E-state index is 0.0444. The predicted octanol–water partition coefficient (Wildman–Crippen LogP) is 9.74. The number of thiazole rings is 2. The van der Waals surface area contributed by atoms with E-state index >= 15 is 0 Å². The van der Waals surface area contributed by atoms with E-state index < -0.39 is 71.2 Å². The van der Waals surface area contributed by atoms with Gasteiger partial charge >= 0.3 is 11.9 Å². The number of rotatable bonds is 4. The number of aryl methyl sites for hydroxylation is 2. The van der Waals surface area contributed by atoms with Gasteiger partial charge in [0.2, 0.25) is 0 Å². The van der Waals surface area contributed by atoms with E-state index in [1.807, 2.05) is 64.5 Å². The van der Waals surface area contributed by atoms with E-state index in [1.165, 1.54) is 5.57 Å². The van der Waals surface area contributed by atoms with Crippen LogP contribution in [0.2, 0.25) is 0 Å². The van der Waals surface area contributed by atoms with E-state index in [0.29, 0.717) is 12.8 Å². The summed E-state index contributed by atoms with van der Waals surface area (Å²) in [6.45, 7) is 25.7. The summed E-state index contributed by atoms with van der Waals surface area (Å²) in [4.78, 5) is 61.1. The van der Waals surface area contributed by atoms with E-state index in [1.54, 1.807) is 64.2 Å². The Kier molecular flexibility index (Phi) is 20.9. The van der Waals surface area contributed by atoms with Crippen LogP contribution in [-0.2, 0) is 33.4 Å². The predicted molar refractivity (Wildman–Crippen MR) is 272 cm³/mol. The summed E-state index contributed by atoms with van der Waals surface area (Å²) in [7, 11) is 0. The van der Waals surface area contributed by atoms with Gasteiger partial charge in [0.15, 0.2) is 0 Å². The highest BCUT2D eigenvalue weighted by atomic mass is 32.1. The highest BCUT2D eigenvalue weighted by Gasteiger charge is 2.53. The largest absolute Gasteiger partial charge is 0.458 e. The summed E-state index contributed by atoms with van der Waals surface area (Å²) in [6.07, 6.45) is 6.31. The SMILES string of the molecule is C/C(=C\c1csc(C)n1)C1C[C@@H]2O[C@]2(C)CCC[C@H](C)[C@H](O)[C@@H](C)C(=O)C(C)(C)[C@@H](O)CC(=O)O1.C/C1=C/CC(/C(C)=C/c2csc(C)n2)OC(=O)C[C@H](O)C(C)(C)C(=O)[C@H](C)[C@@H](O)[C@@H](C)CCC1. The van der Waals surface area contributed by atoms with Crippen molar-refractivity contribution in [3.63, 3.8) is 0 Å². The van der Waals surface area contributed by atoms with Gasteiger partial charge in [-0.25, -0.2) is 9.97 Å². The lowest BCUT2D eigenvalue weighted by molar-refractivity contribution is -0.156. The molecule has 3 aliphatic rings. The second kappa shape index (κ2) is 24.8. The van der Waals surface area contributed by atoms with Crippen LogP contribution in [0.4, 0.5) is 0 Å². The van der Waals surface area contributed by atoms with Crippen LogP contribution in [0.25, 0.3) is 12.2 Å². The number of aliphatic hydroxyl groups is 4.